The summed E-state index contributed by atoms with van der Waals surface area (Å²) in [6.45, 7) is -0.0171. The third kappa shape index (κ3) is 4.50. The quantitative estimate of drug-likeness (QED) is 0.215. The summed E-state index contributed by atoms with van der Waals surface area (Å²) in [5.41, 5.74) is 1.97. The molecule has 2 heterocycles. The van der Waals surface area contributed by atoms with Crippen molar-refractivity contribution in [2.45, 2.75) is 0 Å². The van der Waals surface area contributed by atoms with Gasteiger partial charge in [0, 0.05) is 23.1 Å². The molecule has 0 amide bonds. The number of aromatic nitrogens is 1. The molecule has 0 fully saturated rings. The Bertz CT molecular complexity index is 1530. The van der Waals surface area contributed by atoms with E-state index in [1.807, 2.05) is 35.7 Å². The molecule has 0 atom stereocenters. The summed E-state index contributed by atoms with van der Waals surface area (Å²) in [4.78, 5) is 26.8. The van der Waals surface area contributed by atoms with Gasteiger partial charge in [-0.3, -0.25) is 20.2 Å². The molecule has 5 rings (SSSR count). The number of nitro benzene ring substituents is 2. The van der Waals surface area contributed by atoms with Crippen molar-refractivity contribution in [3.05, 3.63) is 103 Å². The van der Waals surface area contributed by atoms with Crippen LogP contribution in [0.1, 0.15) is 5.56 Å². The second-order valence-electron chi connectivity index (χ2n) is 7.23. The van der Waals surface area contributed by atoms with Gasteiger partial charge < -0.3 is 9.47 Å². The van der Waals surface area contributed by atoms with Crippen LogP contribution in [0.5, 0.6) is 11.5 Å². The third-order valence-corrected chi connectivity index (χ3v) is 5.89. The molecule has 0 saturated carbocycles. The minimum absolute atomic E-state index is 0.0171. The fourth-order valence-corrected chi connectivity index (χ4v) is 4.24. The Hall–Kier alpha value is -4.84. The maximum Gasteiger partial charge on any atom is 0.282 e. The average Bonchev–Trinajstić information content (AvgIpc) is 3.49. The van der Waals surface area contributed by atoms with Gasteiger partial charge in [0.1, 0.15) is 0 Å². The number of nitro groups is 2. The molecule has 0 aliphatic carbocycles. The van der Waals surface area contributed by atoms with Crippen LogP contribution in [0.2, 0.25) is 0 Å². The van der Waals surface area contributed by atoms with E-state index in [9.17, 15) is 20.2 Å². The summed E-state index contributed by atoms with van der Waals surface area (Å²) in [5.74, 6) is 0.681. The van der Waals surface area contributed by atoms with Crippen LogP contribution in [0.3, 0.4) is 0 Å². The summed E-state index contributed by atoms with van der Waals surface area (Å²) in [6.07, 6.45) is 1.35. The van der Waals surface area contributed by atoms with Crippen LogP contribution < -0.4 is 14.3 Å². The molecule has 1 aromatic heterocycles. The predicted molar refractivity (Wildman–Crippen MR) is 128 cm³/mol. The van der Waals surface area contributed by atoms with Gasteiger partial charge >= 0.3 is 0 Å². The van der Waals surface area contributed by atoms with Gasteiger partial charge in [-0.15, -0.1) is 11.3 Å². The van der Waals surface area contributed by atoms with E-state index in [0.717, 1.165) is 0 Å². The second kappa shape index (κ2) is 9.19. The highest BCUT2D eigenvalue weighted by Gasteiger charge is 2.22. The van der Waals surface area contributed by atoms with E-state index in [1.165, 1.54) is 46.5 Å². The molecule has 12 heteroatoms. The van der Waals surface area contributed by atoms with Crippen LogP contribution in [0.25, 0.3) is 11.3 Å². The maximum absolute atomic E-state index is 11.6. The Kier molecular flexibility index (Phi) is 5.77. The SMILES string of the molecule is O=[N+]([O-])c1ccc(-c2csc(=Nc3ccccc3)n2N=Cc2cc3c(cc2[N+](=O)[O-])OCO3)cc1. The predicted octanol–water partition coefficient (Wildman–Crippen LogP) is 4.88. The lowest BCUT2D eigenvalue weighted by Gasteiger charge is -2.04. The Morgan fingerprint density at radius 3 is 2.34 bits per heavy atom. The highest BCUT2D eigenvalue weighted by molar-refractivity contribution is 7.07. The van der Waals surface area contributed by atoms with Crippen LogP contribution >= 0.6 is 11.3 Å². The van der Waals surface area contributed by atoms with Crippen molar-refractivity contribution in [1.82, 2.24) is 4.68 Å². The van der Waals surface area contributed by atoms with Crippen LogP contribution in [-0.2, 0) is 0 Å². The number of benzene rings is 3. The van der Waals surface area contributed by atoms with E-state index in [4.69, 9.17) is 9.47 Å². The molecule has 0 N–H and O–H groups in total. The maximum atomic E-state index is 11.6. The highest BCUT2D eigenvalue weighted by atomic mass is 32.1. The minimum atomic E-state index is -0.520. The number of hydrogen-bond donors (Lipinski definition) is 0. The Morgan fingerprint density at radius 1 is 0.943 bits per heavy atom. The number of non-ortho nitro benzene ring substituents is 1. The zero-order valence-electron chi connectivity index (χ0n) is 17.8. The van der Waals surface area contributed by atoms with E-state index in [-0.39, 0.29) is 23.7 Å². The first kappa shape index (κ1) is 22.0. The molecule has 1 aliphatic heterocycles. The second-order valence-corrected chi connectivity index (χ2v) is 8.07. The first-order chi connectivity index (χ1) is 17.0. The molecule has 3 aromatic carbocycles. The Labute approximate surface area is 201 Å². The molecule has 11 nitrogen and oxygen atoms in total. The number of fused-ring (bicyclic) bond motifs is 1. The normalized spacial score (nSPS) is 12.9. The van der Waals surface area contributed by atoms with Crippen LogP contribution in [0.15, 0.2) is 82.2 Å². The monoisotopic (exact) mass is 489 g/mol. The van der Waals surface area contributed by atoms with Crippen LogP contribution in [0, 0.1) is 20.2 Å². The number of rotatable bonds is 6. The van der Waals surface area contributed by atoms with E-state index in [1.54, 1.807) is 12.1 Å². The summed E-state index contributed by atoms with van der Waals surface area (Å²) in [5, 5.41) is 29.0. The zero-order valence-corrected chi connectivity index (χ0v) is 18.6. The fraction of sp³-hybridized carbons (Fsp3) is 0.0435. The molecule has 174 valence electrons. The number of para-hydroxylation sites is 1. The van der Waals surface area contributed by atoms with Crippen molar-refractivity contribution >= 4 is 34.6 Å². The van der Waals surface area contributed by atoms with Crippen LogP contribution in [0.4, 0.5) is 17.1 Å². The van der Waals surface area contributed by atoms with Crippen molar-refractivity contribution in [3.8, 4) is 22.8 Å². The van der Waals surface area contributed by atoms with Gasteiger partial charge in [-0.2, -0.15) is 5.10 Å². The van der Waals surface area contributed by atoms with Crippen molar-refractivity contribution in [3.63, 3.8) is 0 Å². The number of thiazole rings is 1. The van der Waals surface area contributed by atoms with Gasteiger partial charge in [0.2, 0.25) is 11.6 Å². The van der Waals surface area contributed by atoms with Gasteiger partial charge in [-0.25, -0.2) is 9.67 Å². The standard InChI is InChI=1S/C23H15N5O6S/c29-27(30)18-8-6-15(7-9-18)20-13-35-23(25-17-4-2-1-3-5-17)26(20)24-12-16-10-21-22(34-14-33-21)11-19(16)28(31)32/h1-13H,14H2. The lowest BCUT2D eigenvalue weighted by atomic mass is 10.1. The smallest absolute Gasteiger partial charge is 0.282 e. The summed E-state index contributed by atoms with van der Waals surface area (Å²) < 4.78 is 12.1. The van der Waals surface area contributed by atoms with Gasteiger partial charge in [0.25, 0.3) is 11.4 Å². The summed E-state index contributed by atoms with van der Waals surface area (Å²) in [6, 6.07) is 18.1. The highest BCUT2D eigenvalue weighted by Crippen LogP contribution is 2.37. The Balaban J connectivity index is 1.64. The summed E-state index contributed by atoms with van der Waals surface area (Å²) >= 11 is 1.31. The molecule has 0 radical (unpaired) electrons. The first-order valence-electron chi connectivity index (χ1n) is 10.2. The zero-order chi connectivity index (χ0) is 24.4. The number of ether oxygens (including phenoxy) is 2. The van der Waals surface area contributed by atoms with Gasteiger partial charge in [-0.1, -0.05) is 18.2 Å². The lowest BCUT2D eigenvalue weighted by Crippen LogP contribution is -2.11. The molecule has 0 spiro atoms. The van der Waals surface area contributed by atoms with Crippen molar-refractivity contribution in [1.29, 1.82) is 0 Å². The van der Waals surface area contributed by atoms with Crippen molar-refractivity contribution in [2.75, 3.05) is 6.79 Å². The molecule has 35 heavy (non-hydrogen) atoms. The fourth-order valence-electron chi connectivity index (χ4n) is 3.38. The molecule has 0 unspecified atom stereocenters. The van der Waals surface area contributed by atoms with E-state index in [0.29, 0.717) is 33.2 Å². The molecular formula is C23H15N5O6S. The van der Waals surface area contributed by atoms with Crippen LogP contribution in [-0.4, -0.2) is 27.5 Å². The molecule has 4 aromatic rings. The topological polar surface area (TPSA) is 134 Å². The Morgan fingerprint density at radius 2 is 1.66 bits per heavy atom. The minimum Gasteiger partial charge on any atom is -0.454 e. The molecular weight excluding hydrogens is 474 g/mol. The molecule has 0 saturated heterocycles. The third-order valence-electron chi connectivity index (χ3n) is 5.07. The number of nitrogens with zero attached hydrogens (tertiary/aromatic N) is 5. The van der Waals surface area contributed by atoms with E-state index >= 15 is 0 Å². The lowest BCUT2D eigenvalue weighted by molar-refractivity contribution is -0.385. The first-order valence-corrected chi connectivity index (χ1v) is 11.0. The molecule has 1 aliphatic rings. The summed E-state index contributed by atoms with van der Waals surface area (Å²) in [7, 11) is 0. The number of hydrogen-bond acceptors (Lipinski definition) is 9. The van der Waals surface area contributed by atoms with Gasteiger partial charge in [-0.05, 0) is 30.3 Å². The average molecular weight is 489 g/mol. The molecule has 0 bridgehead atoms. The van der Waals surface area contributed by atoms with E-state index < -0.39 is 9.85 Å². The largest absolute Gasteiger partial charge is 0.454 e. The van der Waals surface area contributed by atoms with Gasteiger partial charge in [0.15, 0.2) is 11.5 Å². The van der Waals surface area contributed by atoms with E-state index in [2.05, 4.69) is 10.1 Å². The van der Waals surface area contributed by atoms with Crippen molar-refractivity contribution < 1.29 is 19.3 Å². The van der Waals surface area contributed by atoms with Gasteiger partial charge in [0.05, 0.1) is 39.1 Å². The van der Waals surface area contributed by atoms with Crippen molar-refractivity contribution in [2.24, 2.45) is 10.1 Å².